The number of benzene rings is 2. The molecule has 0 radical (unpaired) electrons. The number of nitrogens with zero attached hydrogens (tertiary/aromatic N) is 2. The van der Waals surface area contributed by atoms with Crippen LogP contribution in [0.4, 0.5) is 5.69 Å². The Morgan fingerprint density at radius 3 is 2.50 bits per heavy atom. The second-order valence-corrected chi connectivity index (χ2v) is 9.28. The molecule has 2 aromatic heterocycles. The van der Waals surface area contributed by atoms with Crippen LogP contribution in [0.25, 0.3) is 11.3 Å². The van der Waals surface area contributed by atoms with Gasteiger partial charge in [-0.3, -0.25) is 4.98 Å². The number of thiocarbonyl (C=S) groups is 1. The van der Waals surface area contributed by atoms with Crippen molar-refractivity contribution in [3.8, 4) is 11.3 Å². The highest BCUT2D eigenvalue weighted by Crippen LogP contribution is 2.43. The third kappa shape index (κ3) is 3.85. The second kappa shape index (κ2) is 8.52. The van der Waals surface area contributed by atoms with Crippen LogP contribution >= 0.6 is 28.1 Å². The molecule has 0 bridgehead atoms. The number of hydrogen-bond donors (Lipinski definition) is 1. The normalized spacial score (nSPS) is 18.1. The molecule has 2 atom stereocenters. The standard InChI is InChI=1S/C26H22BrN3OS/c1-16-6-11-20(15-17(16)2)30-25(24(29-26(30)32)21-5-3-4-14-28-21)23-13-12-22(31-23)18-7-9-19(27)10-8-18/h3-15,24-25H,1-2H3,(H,29,32)/t24-,25-/m0/s1. The van der Waals surface area contributed by atoms with E-state index in [0.29, 0.717) is 5.11 Å². The Hall–Kier alpha value is -2.96. The number of halogens is 1. The first-order valence-electron chi connectivity index (χ1n) is 10.4. The van der Waals surface area contributed by atoms with Crippen molar-refractivity contribution in [3.63, 3.8) is 0 Å². The van der Waals surface area contributed by atoms with Crippen molar-refractivity contribution in [1.29, 1.82) is 0 Å². The van der Waals surface area contributed by atoms with Gasteiger partial charge in [-0.1, -0.05) is 40.2 Å². The van der Waals surface area contributed by atoms with E-state index in [1.54, 1.807) is 0 Å². The fourth-order valence-electron chi connectivity index (χ4n) is 4.08. The quantitative estimate of drug-likeness (QED) is 0.306. The number of pyridine rings is 1. The Labute approximate surface area is 201 Å². The molecule has 0 unspecified atom stereocenters. The van der Waals surface area contributed by atoms with Crippen LogP contribution in [0.2, 0.25) is 0 Å². The number of rotatable bonds is 4. The van der Waals surface area contributed by atoms with Crippen molar-refractivity contribution in [2.45, 2.75) is 25.9 Å². The third-order valence-corrected chi connectivity index (χ3v) is 6.76. The van der Waals surface area contributed by atoms with E-state index in [-0.39, 0.29) is 12.1 Å². The van der Waals surface area contributed by atoms with Gasteiger partial charge in [0.05, 0.1) is 11.7 Å². The highest BCUT2D eigenvalue weighted by molar-refractivity contribution is 9.10. The molecule has 0 aliphatic carbocycles. The molecule has 1 aliphatic heterocycles. The lowest BCUT2D eigenvalue weighted by Crippen LogP contribution is -2.29. The van der Waals surface area contributed by atoms with E-state index < -0.39 is 0 Å². The molecule has 1 N–H and O–H groups in total. The van der Waals surface area contributed by atoms with Gasteiger partial charge in [-0.15, -0.1) is 0 Å². The van der Waals surface area contributed by atoms with Crippen molar-refractivity contribution < 1.29 is 4.42 Å². The van der Waals surface area contributed by atoms with Crippen LogP contribution in [0.1, 0.15) is 34.7 Å². The van der Waals surface area contributed by atoms with E-state index >= 15 is 0 Å². The summed E-state index contributed by atoms with van der Waals surface area (Å²) >= 11 is 9.30. The number of furan rings is 1. The molecular formula is C26H22BrN3OS. The number of aromatic nitrogens is 1. The molecule has 5 rings (SSSR count). The van der Waals surface area contributed by atoms with Crippen LogP contribution in [0, 0.1) is 13.8 Å². The Balaban J connectivity index is 1.60. The molecule has 0 spiro atoms. The van der Waals surface area contributed by atoms with Gasteiger partial charge in [-0.05, 0) is 85.7 Å². The summed E-state index contributed by atoms with van der Waals surface area (Å²) in [6.45, 7) is 4.24. The molecule has 160 valence electrons. The largest absolute Gasteiger partial charge is 0.459 e. The van der Waals surface area contributed by atoms with Gasteiger partial charge in [-0.2, -0.15) is 0 Å². The first-order valence-corrected chi connectivity index (χ1v) is 11.6. The van der Waals surface area contributed by atoms with Gasteiger partial charge < -0.3 is 14.6 Å². The molecular weight excluding hydrogens is 482 g/mol. The number of hydrogen-bond acceptors (Lipinski definition) is 3. The average Bonchev–Trinajstić information content (AvgIpc) is 3.41. The summed E-state index contributed by atoms with van der Waals surface area (Å²) in [5.74, 6) is 1.66. The van der Waals surface area contributed by atoms with E-state index in [4.69, 9.17) is 16.6 Å². The Morgan fingerprint density at radius 2 is 1.78 bits per heavy atom. The van der Waals surface area contributed by atoms with Gasteiger partial charge in [0.1, 0.15) is 17.6 Å². The van der Waals surface area contributed by atoms with Gasteiger partial charge in [0, 0.05) is 21.9 Å². The number of nitrogens with one attached hydrogen (secondary N) is 1. The first kappa shape index (κ1) is 20.9. The van der Waals surface area contributed by atoms with Crippen LogP contribution in [0.3, 0.4) is 0 Å². The molecule has 1 saturated heterocycles. The Kier molecular flexibility index (Phi) is 5.57. The minimum atomic E-state index is -0.163. The maximum absolute atomic E-state index is 6.41. The summed E-state index contributed by atoms with van der Waals surface area (Å²) in [5, 5.41) is 4.15. The van der Waals surface area contributed by atoms with Gasteiger partial charge in [0.25, 0.3) is 0 Å². The van der Waals surface area contributed by atoms with Gasteiger partial charge in [0.15, 0.2) is 5.11 Å². The highest BCUT2D eigenvalue weighted by Gasteiger charge is 2.42. The smallest absolute Gasteiger partial charge is 0.174 e. The molecule has 2 aromatic carbocycles. The van der Waals surface area contributed by atoms with E-state index in [1.165, 1.54) is 11.1 Å². The zero-order valence-electron chi connectivity index (χ0n) is 17.7. The monoisotopic (exact) mass is 503 g/mol. The van der Waals surface area contributed by atoms with Crippen molar-refractivity contribution in [3.05, 3.63) is 106 Å². The Morgan fingerprint density at radius 1 is 0.969 bits per heavy atom. The van der Waals surface area contributed by atoms with Crippen LogP contribution in [0.5, 0.6) is 0 Å². The Bertz CT molecular complexity index is 1270. The summed E-state index contributed by atoms with van der Waals surface area (Å²) in [5.41, 5.74) is 5.46. The second-order valence-electron chi connectivity index (χ2n) is 7.97. The summed E-state index contributed by atoms with van der Waals surface area (Å²) < 4.78 is 7.45. The highest BCUT2D eigenvalue weighted by atomic mass is 79.9. The summed E-state index contributed by atoms with van der Waals surface area (Å²) in [6, 6.07) is 24.3. The molecule has 0 saturated carbocycles. The predicted octanol–water partition coefficient (Wildman–Crippen LogP) is 6.90. The first-order chi connectivity index (χ1) is 15.5. The van der Waals surface area contributed by atoms with Gasteiger partial charge in [-0.25, -0.2) is 0 Å². The lowest BCUT2D eigenvalue weighted by Gasteiger charge is -2.26. The van der Waals surface area contributed by atoms with Crippen LogP contribution in [-0.2, 0) is 0 Å². The molecule has 1 aliphatic rings. The van der Waals surface area contributed by atoms with Gasteiger partial charge in [0.2, 0.25) is 0 Å². The summed E-state index contributed by atoms with van der Waals surface area (Å²) in [4.78, 5) is 6.75. The molecule has 0 amide bonds. The zero-order chi connectivity index (χ0) is 22.2. The van der Waals surface area contributed by atoms with Crippen molar-refractivity contribution in [2.75, 3.05) is 4.90 Å². The zero-order valence-corrected chi connectivity index (χ0v) is 20.2. The van der Waals surface area contributed by atoms with Crippen molar-refractivity contribution in [1.82, 2.24) is 10.3 Å². The third-order valence-electron chi connectivity index (χ3n) is 5.91. The van der Waals surface area contributed by atoms with E-state index in [9.17, 15) is 0 Å². The lowest BCUT2D eigenvalue weighted by molar-refractivity contribution is 0.439. The SMILES string of the molecule is Cc1ccc(N2C(=S)N[C@@H](c3ccccn3)[C@@H]2c2ccc(-c3ccc(Br)cc3)o2)cc1C. The maximum atomic E-state index is 6.41. The van der Waals surface area contributed by atoms with Crippen LogP contribution < -0.4 is 10.2 Å². The molecule has 4 aromatic rings. The lowest BCUT2D eigenvalue weighted by atomic mass is 10.0. The van der Waals surface area contributed by atoms with Crippen molar-refractivity contribution in [2.24, 2.45) is 0 Å². The average molecular weight is 504 g/mol. The van der Waals surface area contributed by atoms with Gasteiger partial charge >= 0.3 is 0 Å². The van der Waals surface area contributed by atoms with E-state index in [0.717, 1.165) is 32.9 Å². The molecule has 32 heavy (non-hydrogen) atoms. The van der Waals surface area contributed by atoms with E-state index in [2.05, 4.69) is 63.2 Å². The number of anilines is 1. The van der Waals surface area contributed by atoms with Crippen molar-refractivity contribution >= 4 is 38.9 Å². The van der Waals surface area contributed by atoms with E-state index in [1.807, 2.05) is 60.8 Å². The molecule has 1 fully saturated rings. The summed E-state index contributed by atoms with van der Waals surface area (Å²) in [6.07, 6.45) is 1.81. The van der Waals surface area contributed by atoms with Crippen LogP contribution in [-0.4, -0.2) is 10.1 Å². The molecule has 3 heterocycles. The molecule has 4 nitrogen and oxygen atoms in total. The minimum Gasteiger partial charge on any atom is -0.459 e. The topological polar surface area (TPSA) is 41.3 Å². The minimum absolute atomic E-state index is 0.130. The maximum Gasteiger partial charge on any atom is 0.174 e. The van der Waals surface area contributed by atoms with Crippen LogP contribution in [0.15, 0.2) is 87.9 Å². The fourth-order valence-corrected chi connectivity index (χ4v) is 4.69. The molecule has 6 heteroatoms. The summed E-state index contributed by atoms with van der Waals surface area (Å²) in [7, 11) is 0. The fraction of sp³-hybridized carbons (Fsp3) is 0.154. The number of aryl methyl sites for hydroxylation is 2. The predicted molar refractivity (Wildman–Crippen MR) is 136 cm³/mol.